The Kier molecular flexibility index (Phi) is 5.86. The van der Waals surface area contributed by atoms with Crippen molar-refractivity contribution >= 4 is 16.0 Å². The molecule has 17 heavy (non-hydrogen) atoms. The van der Waals surface area contributed by atoms with Crippen molar-refractivity contribution in [2.45, 2.75) is 39.8 Å². The highest BCUT2D eigenvalue weighted by Gasteiger charge is 2.28. The molecule has 0 radical (unpaired) electrons. The molecule has 0 aromatic carbocycles. The van der Waals surface area contributed by atoms with Gasteiger partial charge in [-0.05, 0) is 19.8 Å². The summed E-state index contributed by atoms with van der Waals surface area (Å²) in [6.07, 6.45) is 0. The van der Waals surface area contributed by atoms with Gasteiger partial charge in [-0.25, -0.2) is 0 Å². The van der Waals surface area contributed by atoms with Crippen molar-refractivity contribution in [1.29, 1.82) is 0 Å². The number of amidine groups is 1. The van der Waals surface area contributed by atoms with Crippen molar-refractivity contribution < 1.29 is 13.6 Å². The first-order valence-corrected chi connectivity index (χ1v) is 6.80. The molecule has 0 saturated carbocycles. The lowest BCUT2D eigenvalue weighted by Crippen LogP contribution is -2.52. The van der Waals surface area contributed by atoms with Gasteiger partial charge in [0.05, 0.1) is 6.04 Å². The highest BCUT2D eigenvalue weighted by atomic mass is 32.2. The molecular formula is C9H22N4O3S. The SMILES string of the molecule is CC(C)C(NS(=O)(=O)N(C)C(C)C)C(N)=NO. The second-order valence-corrected chi connectivity index (χ2v) is 6.24. The fourth-order valence-corrected chi connectivity index (χ4v) is 2.56. The molecule has 102 valence electrons. The van der Waals surface area contributed by atoms with Gasteiger partial charge in [0.1, 0.15) is 0 Å². The molecule has 0 saturated heterocycles. The van der Waals surface area contributed by atoms with E-state index < -0.39 is 16.3 Å². The maximum Gasteiger partial charge on any atom is 0.280 e. The van der Waals surface area contributed by atoms with Crippen LogP contribution in [0, 0.1) is 5.92 Å². The van der Waals surface area contributed by atoms with Crippen molar-refractivity contribution in [2.75, 3.05) is 7.05 Å². The van der Waals surface area contributed by atoms with Crippen LogP contribution in [0.15, 0.2) is 5.16 Å². The van der Waals surface area contributed by atoms with Crippen molar-refractivity contribution in [3.63, 3.8) is 0 Å². The highest BCUT2D eigenvalue weighted by Crippen LogP contribution is 2.07. The third-order valence-corrected chi connectivity index (χ3v) is 4.21. The van der Waals surface area contributed by atoms with E-state index in [1.54, 1.807) is 27.7 Å². The lowest BCUT2D eigenvalue weighted by atomic mass is 10.1. The Morgan fingerprint density at radius 3 is 2.12 bits per heavy atom. The summed E-state index contributed by atoms with van der Waals surface area (Å²) in [7, 11) is -2.18. The van der Waals surface area contributed by atoms with Crippen LogP contribution in [0.25, 0.3) is 0 Å². The zero-order chi connectivity index (χ0) is 13.8. The van der Waals surface area contributed by atoms with Gasteiger partial charge < -0.3 is 10.9 Å². The minimum Gasteiger partial charge on any atom is -0.409 e. The monoisotopic (exact) mass is 266 g/mol. The molecule has 0 aliphatic heterocycles. The van der Waals surface area contributed by atoms with Crippen molar-refractivity contribution in [3.8, 4) is 0 Å². The smallest absolute Gasteiger partial charge is 0.280 e. The molecule has 0 aliphatic carbocycles. The zero-order valence-electron chi connectivity index (χ0n) is 10.9. The van der Waals surface area contributed by atoms with E-state index in [1.807, 2.05) is 0 Å². The van der Waals surface area contributed by atoms with Gasteiger partial charge in [0, 0.05) is 13.1 Å². The lowest BCUT2D eigenvalue weighted by molar-refractivity contribution is 0.312. The quantitative estimate of drug-likeness (QED) is 0.271. The van der Waals surface area contributed by atoms with Gasteiger partial charge in [-0.2, -0.15) is 17.4 Å². The molecule has 0 aromatic rings. The largest absolute Gasteiger partial charge is 0.409 e. The van der Waals surface area contributed by atoms with Crippen LogP contribution in [0.3, 0.4) is 0 Å². The summed E-state index contributed by atoms with van der Waals surface area (Å²) in [5, 5.41) is 11.5. The fraction of sp³-hybridized carbons (Fsp3) is 0.889. The molecule has 4 N–H and O–H groups in total. The summed E-state index contributed by atoms with van der Waals surface area (Å²) in [6.45, 7) is 7.07. The van der Waals surface area contributed by atoms with Crippen LogP contribution in [0.1, 0.15) is 27.7 Å². The van der Waals surface area contributed by atoms with Crippen LogP contribution in [0.4, 0.5) is 0 Å². The number of nitrogens with zero attached hydrogens (tertiary/aromatic N) is 2. The molecule has 0 amide bonds. The Balaban J connectivity index is 5.02. The van der Waals surface area contributed by atoms with Crippen LogP contribution in [0.5, 0.6) is 0 Å². The summed E-state index contributed by atoms with van der Waals surface area (Å²) < 4.78 is 27.5. The Hall–Kier alpha value is -0.860. The zero-order valence-corrected chi connectivity index (χ0v) is 11.7. The number of nitrogens with two attached hydrogens (primary N) is 1. The van der Waals surface area contributed by atoms with Gasteiger partial charge in [0.15, 0.2) is 5.84 Å². The fourth-order valence-electron chi connectivity index (χ4n) is 1.12. The number of oxime groups is 1. The minimum absolute atomic E-state index is 0.124. The average Bonchev–Trinajstić information content (AvgIpc) is 2.23. The first-order chi connectivity index (χ1) is 7.63. The standard InChI is InChI=1S/C9H22N4O3S/c1-6(2)8(9(10)11-14)12-17(15,16)13(5)7(3)4/h6-8,12,14H,1-5H3,(H2,10,11). The van der Waals surface area contributed by atoms with E-state index in [2.05, 4.69) is 9.88 Å². The van der Waals surface area contributed by atoms with E-state index in [-0.39, 0.29) is 17.8 Å². The van der Waals surface area contributed by atoms with E-state index in [9.17, 15) is 8.42 Å². The minimum atomic E-state index is -3.65. The predicted molar refractivity (Wildman–Crippen MR) is 67.0 cm³/mol. The van der Waals surface area contributed by atoms with E-state index in [4.69, 9.17) is 10.9 Å². The van der Waals surface area contributed by atoms with Crippen LogP contribution >= 0.6 is 0 Å². The van der Waals surface area contributed by atoms with Crippen molar-refractivity contribution in [2.24, 2.45) is 16.8 Å². The van der Waals surface area contributed by atoms with Crippen molar-refractivity contribution in [1.82, 2.24) is 9.03 Å². The van der Waals surface area contributed by atoms with Gasteiger partial charge in [0.2, 0.25) is 0 Å². The number of hydrogen-bond donors (Lipinski definition) is 3. The van der Waals surface area contributed by atoms with E-state index in [0.29, 0.717) is 0 Å². The number of rotatable bonds is 6. The highest BCUT2D eigenvalue weighted by molar-refractivity contribution is 7.87. The van der Waals surface area contributed by atoms with Crippen LogP contribution in [-0.4, -0.2) is 42.9 Å². The van der Waals surface area contributed by atoms with E-state index in [1.165, 1.54) is 11.4 Å². The summed E-state index contributed by atoms with van der Waals surface area (Å²) in [5.74, 6) is -0.276. The van der Waals surface area contributed by atoms with Gasteiger partial charge in [0.25, 0.3) is 10.2 Å². The average molecular weight is 266 g/mol. The Morgan fingerprint density at radius 2 is 1.82 bits per heavy atom. The summed E-state index contributed by atoms with van der Waals surface area (Å²) in [5.41, 5.74) is 5.46. The normalized spacial score (nSPS) is 15.9. The second-order valence-electron chi connectivity index (χ2n) is 4.48. The molecular weight excluding hydrogens is 244 g/mol. The van der Waals surface area contributed by atoms with Gasteiger partial charge >= 0.3 is 0 Å². The molecule has 0 aromatic heterocycles. The first kappa shape index (κ1) is 16.1. The second kappa shape index (κ2) is 6.18. The van der Waals surface area contributed by atoms with Crippen molar-refractivity contribution in [3.05, 3.63) is 0 Å². The molecule has 0 bridgehead atoms. The molecule has 1 atom stereocenters. The van der Waals surface area contributed by atoms with Crippen LogP contribution in [-0.2, 0) is 10.2 Å². The molecule has 1 unspecified atom stereocenters. The topological polar surface area (TPSA) is 108 Å². The Labute approximate surface area is 103 Å². The molecule has 0 fully saturated rings. The number of nitrogens with one attached hydrogen (secondary N) is 1. The third-order valence-electron chi connectivity index (χ3n) is 2.48. The molecule has 0 aliphatic rings. The maximum atomic E-state index is 11.9. The third kappa shape index (κ3) is 4.49. The predicted octanol–water partition coefficient (Wildman–Crippen LogP) is -0.0680. The molecule has 0 rings (SSSR count). The first-order valence-electron chi connectivity index (χ1n) is 5.36. The van der Waals surface area contributed by atoms with E-state index in [0.717, 1.165) is 0 Å². The summed E-state index contributed by atoms with van der Waals surface area (Å²) in [6, 6.07) is -0.904. The van der Waals surface area contributed by atoms with E-state index >= 15 is 0 Å². The molecule has 8 heteroatoms. The Morgan fingerprint density at radius 1 is 1.35 bits per heavy atom. The van der Waals surface area contributed by atoms with Gasteiger partial charge in [-0.15, -0.1) is 0 Å². The molecule has 7 nitrogen and oxygen atoms in total. The van der Waals surface area contributed by atoms with Crippen LogP contribution < -0.4 is 10.5 Å². The van der Waals surface area contributed by atoms with Gasteiger partial charge in [-0.3, -0.25) is 0 Å². The van der Waals surface area contributed by atoms with Crippen LogP contribution in [0.2, 0.25) is 0 Å². The lowest BCUT2D eigenvalue weighted by Gasteiger charge is -2.26. The Bertz CT molecular complexity index is 364. The molecule has 0 spiro atoms. The maximum absolute atomic E-state index is 11.9. The number of hydrogen-bond acceptors (Lipinski definition) is 4. The molecule has 0 heterocycles. The summed E-state index contributed by atoms with van der Waals surface area (Å²) in [4.78, 5) is 0. The van der Waals surface area contributed by atoms with Gasteiger partial charge in [-0.1, -0.05) is 19.0 Å². The summed E-state index contributed by atoms with van der Waals surface area (Å²) >= 11 is 0.